The highest BCUT2D eigenvalue weighted by molar-refractivity contribution is 6.02. The predicted octanol–water partition coefficient (Wildman–Crippen LogP) is 3.66. The maximum Gasteiger partial charge on any atom is 0.274 e. The van der Waals surface area contributed by atoms with Crippen LogP contribution < -0.4 is 10.8 Å². The molecule has 30 heavy (non-hydrogen) atoms. The summed E-state index contributed by atoms with van der Waals surface area (Å²) in [5, 5.41) is 2.85. The molecule has 1 aliphatic heterocycles. The molecule has 0 fully saturated rings. The first-order valence-electron chi connectivity index (χ1n) is 9.56. The van der Waals surface area contributed by atoms with Crippen LogP contribution in [0.3, 0.4) is 0 Å². The van der Waals surface area contributed by atoms with Gasteiger partial charge in [-0.05, 0) is 41.3 Å². The number of carbonyl (C=O) groups excluding carboxylic acids is 3. The van der Waals surface area contributed by atoms with Crippen LogP contribution in [0.25, 0.3) is 11.1 Å². The molecule has 0 aromatic heterocycles. The number of Topliss-reactive ketones (excluding diaryl/α,β-unsaturated/α-hetero) is 1. The normalized spacial score (nSPS) is 12.2. The van der Waals surface area contributed by atoms with Crippen molar-refractivity contribution in [2.24, 2.45) is 0 Å². The van der Waals surface area contributed by atoms with Gasteiger partial charge in [0.15, 0.2) is 5.78 Å². The second-order valence-corrected chi connectivity index (χ2v) is 7.03. The van der Waals surface area contributed by atoms with E-state index in [9.17, 15) is 14.4 Å². The quantitative estimate of drug-likeness (QED) is 0.489. The number of benzene rings is 3. The lowest BCUT2D eigenvalue weighted by Crippen LogP contribution is -2.24. The molecule has 6 nitrogen and oxygen atoms in total. The van der Waals surface area contributed by atoms with Crippen molar-refractivity contribution < 1.29 is 19.2 Å². The highest BCUT2D eigenvalue weighted by Gasteiger charge is 2.26. The van der Waals surface area contributed by atoms with E-state index in [4.69, 9.17) is 4.84 Å². The Kier molecular flexibility index (Phi) is 5.41. The number of hydroxylamine groups is 1. The van der Waals surface area contributed by atoms with E-state index in [1.165, 1.54) is 6.92 Å². The lowest BCUT2D eigenvalue weighted by molar-refractivity contribution is 0.0231. The number of nitrogens with one attached hydrogen (secondary N) is 2. The summed E-state index contributed by atoms with van der Waals surface area (Å²) < 4.78 is 0. The summed E-state index contributed by atoms with van der Waals surface area (Å²) in [7, 11) is 0. The third-order valence-electron chi connectivity index (χ3n) is 5.08. The van der Waals surface area contributed by atoms with Gasteiger partial charge in [-0.2, -0.15) is 0 Å². The van der Waals surface area contributed by atoms with E-state index in [0.29, 0.717) is 28.8 Å². The summed E-state index contributed by atoms with van der Waals surface area (Å²) in [4.78, 5) is 41.4. The zero-order valence-corrected chi connectivity index (χ0v) is 16.4. The average molecular weight is 400 g/mol. The fourth-order valence-corrected chi connectivity index (χ4v) is 3.52. The fraction of sp³-hybridized carbons (Fsp3) is 0.125. The van der Waals surface area contributed by atoms with E-state index in [1.54, 1.807) is 36.4 Å². The maximum absolute atomic E-state index is 12.4. The summed E-state index contributed by atoms with van der Waals surface area (Å²) in [6.45, 7) is 2.01. The van der Waals surface area contributed by atoms with Crippen LogP contribution in [-0.4, -0.2) is 17.6 Å². The summed E-state index contributed by atoms with van der Waals surface area (Å²) in [5.41, 5.74) is 7.54. The molecule has 150 valence electrons. The smallest absolute Gasteiger partial charge is 0.274 e. The largest absolute Gasteiger partial charge is 0.348 e. The second kappa shape index (κ2) is 8.31. The highest BCUT2D eigenvalue weighted by atomic mass is 16.6. The standard InChI is InChI=1S/C24H20N2O4/c1-15(27)16-7-9-17(10-8-16)20-12-11-19(22-21(20)13-25-24(22)29)14-30-26-23(28)18-5-3-2-4-6-18/h2-12H,13-14H2,1H3,(H,25,29)(H,26,28). The molecule has 3 aromatic rings. The Morgan fingerprint density at radius 2 is 1.70 bits per heavy atom. The van der Waals surface area contributed by atoms with Gasteiger partial charge in [-0.25, -0.2) is 5.48 Å². The van der Waals surface area contributed by atoms with Gasteiger partial charge in [0.05, 0.1) is 5.56 Å². The van der Waals surface area contributed by atoms with E-state index in [0.717, 1.165) is 16.7 Å². The molecule has 0 atom stereocenters. The molecule has 0 aliphatic carbocycles. The van der Waals surface area contributed by atoms with Crippen molar-refractivity contribution in [1.29, 1.82) is 0 Å². The molecular formula is C24H20N2O4. The summed E-state index contributed by atoms with van der Waals surface area (Å²) in [5.74, 6) is -0.507. The molecule has 1 heterocycles. The van der Waals surface area contributed by atoms with Gasteiger partial charge in [-0.3, -0.25) is 19.2 Å². The van der Waals surface area contributed by atoms with Crippen molar-refractivity contribution in [2.45, 2.75) is 20.1 Å². The van der Waals surface area contributed by atoms with Crippen molar-refractivity contribution in [2.75, 3.05) is 0 Å². The number of amides is 2. The molecular weight excluding hydrogens is 380 g/mol. The van der Waals surface area contributed by atoms with Crippen LogP contribution in [0.4, 0.5) is 0 Å². The van der Waals surface area contributed by atoms with Crippen LogP contribution in [0.1, 0.15) is 49.1 Å². The number of carbonyl (C=O) groups is 3. The average Bonchev–Trinajstić information content (AvgIpc) is 3.16. The van der Waals surface area contributed by atoms with Gasteiger partial charge in [-0.15, -0.1) is 0 Å². The van der Waals surface area contributed by atoms with Crippen molar-refractivity contribution >= 4 is 17.6 Å². The van der Waals surface area contributed by atoms with Gasteiger partial charge in [0.1, 0.15) is 6.61 Å². The van der Waals surface area contributed by atoms with Crippen molar-refractivity contribution in [3.63, 3.8) is 0 Å². The molecule has 0 unspecified atom stereocenters. The first-order valence-corrected chi connectivity index (χ1v) is 9.56. The number of fused-ring (bicyclic) bond motifs is 1. The number of ketones is 1. The summed E-state index contributed by atoms with van der Waals surface area (Å²) in [6.07, 6.45) is 0. The zero-order chi connectivity index (χ0) is 21.1. The van der Waals surface area contributed by atoms with Crippen LogP contribution in [0.5, 0.6) is 0 Å². The maximum atomic E-state index is 12.4. The van der Waals surface area contributed by atoms with E-state index in [-0.39, 0.29) is 24.2 Å². The van der Waals surface area contributed by atoms with Gasteiger partial charge < -0.3 is 5.32 Å². The van der Waals surface area contributed by atoms with Gasteiger partial charge in [-0.1, -0.05) is 54.6 Å². The number of hydrogen-bond acceptors (Lipinski definition) is 4. The van der Waals surface area contributed by atoms with Gasteiger partial charge in [0, 0.05) is 17.7 Å². The van der Waals surface area contributed by atoms with Gasteiger partial charge in [0.2, 0.25) is 0 Å². The Morgan fingerprint density at radius 1 is 0.967 bits per heavy atom. The lowest BCUT2D eigenvalue weighted by atomic mass is 9.93. The minimum Gasteiger partial charge on any atom is -0.348 e. The van der Waals surface area contributed by atoms with E-state index in [2.05, 4.69) is 10.8 Å². The second-order valence-electron chi connectivity index (χ2n) is 7.03. The number of rotatable bonds is 6. The molecule has 2 N–H and O–H groups in total. The summed E-state index contributed by atoms with van der Waals surface area (Å²) in [6, 6.07) is 19.8. The van der Waals surface area contributed by atoms with Crippen LogP contribution in [0.2, 0.25) is 0 Å². The van der Waals surface area contributed by atoms with Gasteiger partial charge in [0.25, 0.3) is 11.8 Å². The first kappa shape index (κ1) is 19.5. The number of hydrogen-bond donors (Lipinski definition) is 2. The monoisotopic (exact) mass is 400 g/mol. The molecule has 4 rings (SSSR count). The Balaban J connectivity index is 1.54. The molecule has 0 spiro atoms. The van der Waals surface area contributed by atoms with Crippen LogP contribution >= 0.6 is 0 Å². The molecule has 3 aromatic carbocycles. The molecule has 6 heteroatoms. The minimum absolute atomic E-state index is 0.00803. The van der Waals surface area contributed by atoms with Crippen LogP contribution in [0, 0.1) is 0 Å². The fourth-order valence-electron chi connectivity index (χ4n) is 3.52. The first-order chi connectivity index (χ1) is 14.5. The van der Waals surface area contributed by atoms with Crippen LogP contribution in [-0.2, 0) is 18.0 Å². The van der Waals surface area contributed by atoms with Gasteiger partial charge >= 0.3 is 0 Å². The van der Waals surface area contributed by atoms with Crippen molar-refractivity contribution in [3.8, 4) is 11.1 Å². The Hall–Kier alpha value is -3.77. The molecule has 2 amide bonds. The molecule has 0 radical (unpaired) electrons. The van der Waals surface area contributed by atoms with Crippen molar-refractivity contribution in [3.05, 3.63) is 94.5 Å². The predicted molar refractivity (Wildman–Crippen MR) is 112 cm³/mol. The zero-order valence-electron chi connectivity index (χ0n) is 16.4. The molecule has 0 saturated heterocycles. The Bertz CT molecular complexity index is 1120. The molecule has 0 bridgehead atoms. The summed E-state index contributed by atoms with van der Waals surface area (Å²) >= 11 is 0. The highest BCUT2D eigenvalue weighted by Crippen LogP contribution is 2.32. The van der Waals surface area contributed by atoms with Crippen molar-refractivity contribution in [1.82, 2.24) is 10.8 Å². The van der Waals surface area contributed by atoms with Crippen LogP contribution in [0.15, 0.2) is 66.7 Å². The van der Waals surface area contributed by atoms with E-state index in [1.807, 2.05) is 30.3 Å². The third kappa shape index (κ3) is 3.86. The Labute approximate surface area is 173 Å². The third-order valence-corrected chi connectivity index (χ3v) is 5.08. The lowest BCUT2D eigenvalue weighted by Gasteiger charge is -2.13. The topological polar surface area (TPSA) is 84.5 Å². The molecule has 0 saturated carbocycles. The van der Waals surface area contributed by atoms with E-state index < -0.39 is 0 Å². The minimum atomic E-state index is -0.348. The molecule has 1 aliphatic rings. The van der Waals surface area contributed by atoms with E-state index >= 15 is 0 Å². The SMILES string of the molecule is CC(=O)c1ccc(-c2ccc(CONC(=O)c3ccccc3)c3c2CNC3=O)cc1. The Morgan fingerprint density at radius 3 is 2.40 bits per heavy atom.